The van der Waals surface area contributed by atoms with Crippen LogP contribution in [0.1, 0.15) is 22.8 Å². The number of benzene rings is 3. The van der Waals surface area contributed by atoms with Crippen molar-refractivity contribution in [1.82, 2.24) is 5.43 Å². The average molecular weight is 530 g/mol. The first kappa shape index (κ1) is 26.5. The molecule has 11 heteroatoms. The molecule has 0 aromatic heterocycles. The molecule has 2 N–H and O–H groups in total. The number of nitrogens with zero attached hydrogens (tertiary/aromatic N) is 1. The van der Waals surface area contributed by atoms with Crippen LogP contribution in [-0.4, -0.2) is 37.7 Å². The second-order valence-electron chi connectivity index (χ2n) is 7.03. The van der Waals surface area contributed by atoms with Crippen LogP contribution >= 0.6 is 23.2 Å². The number of rotatable bonds is 8. The number of amides is 2. The van der Waals surface area contributed by atoms with Crippen molar-refractivity contribution in [3.8, 4) is 17.2 Å². The number of methoxy groups -OCH3 is 1. The molecule has 0 spiro atoms. The number of halogens is 2. The van der Waals surface area contributed by atoms with E-state index < -0.39 is 17.8 Å². The van der Waals surface area contributed by atoms with E-state index in [0.29, 0.717) is 28.6 Å². The lowest BCUT2D eigenvalue weighted by molar-refractivity contribution is -0.136. The molecule has 9 nitrogen and oxygen atoms in total. The molecule has 0 unspecified atom stereocenters. The van der Waals surface area contributed by atoms with Gasteiger partial charge in [0.15, 0.2) is 11.5 Å². The summed E-state index contributed by atoms with van der Waals surface area (Å²) in [6.07, 6.45) is 1.30. The van der Waals surface area contributed by atoms with Gasteiger partial charge < -0.3 is 19.5 Å². The van der Waals surface area contributed by atoms with Crippen molar-refractivity contribution in [2.24, 2.45) is 5.10 Å². The van der Waals surface area contributed by atoms with Gasteiger partial charge in [-0.2, -0.15) is 5.10 Å². The van der Waals surface area contributed by atoms with Crippen molar-refractivity contribution in [3.05, 3.63) is 81.8 Å². The summed E-state index contributed by atoms with van der Waals surface area (Å²) < 4.78 is 16.0. The monoisotopic (exact) mass is 529 g/mol. The van der Waals surface area contributed by atoms with E-state index in [1.165, 1.54) is 43.7 Å². The van der Waals surface area contributed by atoms with Gasteiger partial charge in [0.05, 0.1) is 30.5 Å². The topological polar surface area (TPSA) is 115 Å². The molecule has 3 aromatic carbocycles. The first-order valence-electron chi connectivity index (χ1n) is 10.5. The molecule has 0 saturated carbocycles. The molecule has 0 atom stereocenters. The summed E-state index contributed by atoms with van der Waals surface area (Å²) in [4.78, 5) is 36.5. The fourth-order valence-corrected chi connectivity index (χ4v) is 3.35. The van der Waals surface area contributed by atoms with Crippen molar-refractivity contribution in [2.75, 3.05) is 19.0 Å². The van der Waals surface area contributed by atoms with E-state index in [0.717, 1.165) is 0 Å². The lowest BCUT2D eigenvalue weighted by Crippen LogP contribution is -2.32. The predicted octanol–water partition coefficient (Wildman–Crippen LogP) is 4.71. The minimum Gasteiger partial charge on any atom is -0.494 e. The van der Waals surface area contributed by atoms with Crippen molar-refractivity contribution < 1.29 is 28.6 Å². The molecular weight excluding hydrogens is 509 g/mol. The number of hydrogen-bond acceptors (Lipinski definition) is 7. The Morgan fingerprint density at radius 3 is 2.36 bits per heavy atom. The Morgan fingerprint density at radius 1 is 0.944 bits per heavy atom. The molecule has 0 aliphatic carbocycles. The minimum absolute atomic E-state index is 0.139. The lowest BCUT2D eigenvalue weighted by atomic mass is 10.2. The highest BCUT2D eigenvalue weighted by Gasteiger charge is 2.16. The summed E-state index contributed by atoms with van der Waals surface area (Å²) in [7, 11) is 1.40. The number of ether oxygens (including phenoxy) is 3. The summed E-state index contributed by atoms with van der Waals surface area (Å²) in [5, 5.41) is 6.77. The molecule has 3 aromatic rings. The van der Waals surface area contributed by atoms with Gasteiger partial charge in [-0.25, -0.2) is 10.2 Å². The lowest BCUT2D eigenvalue weighted by Gasteiger charge is -2.10. The fourth-order valence-electron chi connectivity index (χ4n) is 2.86. The van der Waals surface area contributed by atoms with Crippen LogP contribution in [0.4, 0.5) is 5.69 Å². The standard InChI is InChI=1S/C25H21Cl2N3O6/c1-3-35-18-8-6-17(7-9-18)29-23(31)24(32)30-28-14-15-4-11-21(22(12-15)34-2)36-25(33)19-10-5-16(26)13-20(19)27/h4-14H,3H2,1-2H3,(H,29,31)(H,30,32)/b28-14+. The molecule has 3 rings (SSSR count). The first-order chi connectivity index (χ1) is 17.3. The molecule has 0 radical (unpaired) electrons. The summed E-state index contributed by atoms with van der Waals surface area (Å²) in [5.74, 6) is -1.52. The molecule has 0 aliphatic rings. The number of hydrogen-bond donors (Lipinski definition) is 2. The third-order valence-electron chi connectivity index (χ3n) is 4.55. The first-order valence-corrected chi connectivity index (χ1v) is 11.3. The van der Waals surface area contributed by atoms with Gasteiger partial charge in [0, 0.05) is 10.7 Å². The SMILES string of the molecule is CCOc1ccc(NC(=O)C(=O)N/N=C/c2ccc(OC(=O)c3ccc(Cl)cc3Cl)c(OC)c2)cc1. The Balaban J connectivity index is 1.59. The zero-order valence-corrected chi connectivity index (χ0v) is 20.7. The quantitative estimate of drug-likeness (QED) is 0.143. The van der Waals surface area contributed by atoms with Gasteiger partial charge in [-0.15, -0.1) is 0 Å². The highest BCUT2D eigenvalue weighted by atomic mass is 35.5. The van der Waals surface area contributed by atoms with E-state index in [1.54, 1.807) is 30.3 Å². The van der Waals surface area contributed by atoms with Gasteiger partial charge >= 0.3 is 17.8 Å². The van der Waals surface area contributed by atoms with Crippen LogP contribution in [0.25, 0.3) is 0 Å². The second-order valence-corrected chi connectivity index (χ2v) is 7.88. The Morgan fingerprint density at radius 2 is 1.69 bits per heavy atom. The molecule has 36 heavy (non-hydrogen) atoms. The van der Waals surface area contributed by atoms with Gasteiger partial charge in [0.25, 0.3) is 0 Å². The highest BCUT2D eigenvalue weighted by Crippen LogP contribution is 2.30. The fraction of sp³-hybridized carbons (Fsp3) is 0.120. The third-order valence-corrected chi connectivity index (χ3v) is 5.10. The van der Waals surface area contributed by atoms with E-state index in [-0.39, 0.29) is 22.1 Å². The minimum atomic E-state index is -0.961. The van der Waals surface area contributed by atoms with Crippen LogP contribution in [0.2, 0.25) is 10.0 Å². The number of carbonyl (C=O) groups is 3. The number of hydrazone groups is 1. The summed E-state index contributed by atoms with van der Waals surface area (Å²) >= 11 is 11.9. The molecule has 0 bridgehead atoms. The van der Waals surface area contributed by atoms with E-state index in [1.807, 2.05) is 6.92 Å². The van der Waals surface area contributed by atoms with Gasteiger partial charge in [-0.3, -0.25) is 9.59 Å². The third kappa shape index (κ3) is 7.21. The van der Waals surface area contributed by atoms with Crippen LogP contribution in [0.5, 0.6) is 17.2 Å². The van der Waals surface area contributed by atoms with Crippen molar-refractivity contribution >= 4 is 52.9 Å². The number of nitrogens with one attached hydrogen (secondary N) is 2. The molecule has 0 aliphatic heterocycles. The Hall–Kier alpha value is -4.08. The van der Waals surface area contributed by atoms with Gasteiger partial charge in [0.2, 0.25) is 0 Å². The maximum Gasteiger partial charge on any atom is 0.345 e. The van der Waals surface area contributed by atoms with Crippen molar-refractivity contribution in [1.29, 1.82) is 0 Å². The van der Waals surface area contributed by atoms with Crippen LogP contribution in [-0.2, 0) is 9.59 Å². The van der Waals surface area contributed by atoms with Gasteiger partial charge in [-0.1, -0.05) is 23.2 Å². The van der Waals surface area contributed by atoms with Crippen LogP contribution in [0.15, 0.2) is 65.8 Å². The molecule has 0 heterocycles. The normalized spacial score (nSPS) is 10.6. The average Bonchev–Trinajstić information content (AvgIpc) is 2.86. The summed E-state index contributed by atoms with van der Waals surface area (Å²) in [6.45, 7) is 2.38. The Kier molecular flexibility index (Phi) is 9.26. The number of esters is 1. The van der Waals surface area contributed by atoms with Gasteiger partial charge in [-0.05, 0) is 73.2 Å². The van der Waals surface area contributed by atoms with Crippen LogP contribution < -0.4 is 25.0 Å². The van der Waals surface area contributed by atoms with E-state index >= 15 is 0 Å². The molecule has 2 amide bonds. The highest BCUT2D eigenvalue weighted by molar-refractivity contribution is 6.39. The van der Waals surface area contributed by atoms with Gasteiger partial charge in [0.1, 0.15) is 5.75 Å². The largest absolute Gasteiger partial charge is 0.494 e. The summed E-state index contributed by atoms with van der Waals surface area (Å²) in [5.41, 5.74) is 3.21. The molecule has 0 saturated heterocycles. The number of carbonyl (C=O) groups excluding carboxylic acids is 3. The molecule has 186 valence electrons. The smallest absolute Gasteiger partial charge is 0.345 e. The molecular formula is C25H21Cl2N3O6. The van der Waals surface area contributed by atoms with E-state index in [2.05, 4.69) is 15.8 Å². The zero-order valence-electron chi connectivity index (χ0n) is 19.2. The maximum atomic E-state index is 12.5. The van der Waals surface area contributed by atoms with Crippen LogP contribution in [0, 0.1) is 0 Å². The van der Waals surface area contributed by atoms with Crippen molar-refractivity contribution in [3.63, 3.8) is 0 Å². The second kappa shape index (κ2) is 12.6. The molecule has 0 fully saturated rings. The maximum absolute atomic E-state index is 12.5. The van der Waals surface area contributed by atoms with E-state index in [4.69, 9.17) is 37.4 Å². The van der Waals surface area contributed by atoms with Crippen LogP contribution in [0.3, 0.4) is 0 Å². The predicted molar refractivity (Wildman–Crippen MR) is 136 cm³/mol. The van der Waals surface area contributed by atoms with E-state index in [9.17, 15) is 14.4 Å². The zero-order chi connectivity index (χ0) is 26.1. The Labute approximate surface area is 216 Å². The number of anilines is 1. The summed E-state index contributed by atoms with van der Waals surface area (Å²) in [6, 6.07) is 15.6. The Bertz CT molecular complexity index is 1300. The van der Waals surface area contributed by atoms with Crippen molar-refractivity contribution in [2.45, 2.75) is 6.92 Å².